The zero-order valence-electron chi connectivity index (χ0n) is 15.4. The molecule has 0 spiro atoms. The van der Waals surface area contributed by atoms with Crippen LogP contribution >= 0.6 is 0 Å². The highest BCUT2D eigenvalue weighted by Crippen LogP contribution is 2.18. The highest BCUT2D eigenvalue weighted by atomic mass is 32.2. The normalized spacial score (nSPS) is 15.5. The number of carbonyl (C=O) groups is 3. The minimum Gasteiger partial charge on any atom is -0.428 e. The van der Waals surface area contributed by atoms with Crippen LogP contribution in [0.1, 0.15) is 38.5 Å². The van der Waals surface area contributed by atoms with Crippen molar-refractivity contribution in [2.45, 2.75) is 49.5 Å². The number of amides is 2. The fourth-order valence-corrected chi connectivity index (χ4v) is 4.22. The minimum absolute atomic E-state index is 0.0446. The number of unbranched alkanes of at least 4 members (excludes halogenated alkanes) is 2. The Balaban J connectivity index is 2.02. The molecule has 0 bridgehead atoms. The third-order valence-electron chi connectivity index (χ3n) is 4.17. The molecular formula is C18H24N2O7S. The predicted octanol–water partition coefficient (Wildman–Crippen LogP) is 1.57. The van der Waals surface area contributed by atoms with Crippen LogP contribution in [0.15, 0.2) is 35.2 Å². The first kappa shape index (κ1) is 21.8. The molecule has 2 N–H and O–H groups in total. The molecule has 154 valence electrons. The van der Waals surface area contributed by atoms with Gasteiger partial charge in [0.2, 0.25) is 0 Å². The summed E-state index contributed by atoms with van der Waals surface area (Å²) in [6, 6.07) is 7.81. The number of hydrogen-bond donors (Lipinski definition) is 1. The average molecular weight is 412 g/mol. The van der Waals surface area contributed by atoms with Crippen molar-refractivity contribution in [2.24, 2.45) is 5.73 Å². The Hall–Kier alpha value is -2.46. The maximum absolute atomic E-state index is 12.6. The molecular weight excluding hydrogens is 388 g/mol. The van der Waals surface area contributed by atoms with E-state index in [0.717, 1.165) is 12.8 Å². The summed E-state index contributed by atoms with van der Waals surface area (Å²) in [5.74, 6) is -1.71. The van der Waals surface area contributed by atoms with E-state index >= 15 is 0 Å². The van der Waals surface area contributed by atoms with Gasteiger partial charge in [-0.1, -0.05) is 29.7 Å². The summed E-state index contributed by atoms with van der Waals surface area (Å²) in [5, 5.41) is 0.361. The third-order valence-corrected chi connectivity index (χ3v) is 5.97. The van der Waals surface area contributed by atoms with E-state index in [0.29, 0.717) is 18.0 Å². The Bertz CT molecular complexity index is 779. The number of nitrogens with zero attached hydrogens (tertiary/aromatic N) is 1. The Morgan fingerprint density at radius 2 is 1.71 bits per heavy atom. The van der Waals surface area contributed by atoms with E-state index in [-0.39, 0.29) is 24.2 Å². The van der Waals surface area contributed by atoms with Gasteiger partial charge in [-0.25, -0.2) is 13.2 Å². The molecule has 1 aromatic rings. The number of imide groups is 1. The molecule has 1 fully saturated rings. The summed E-state index contributed by atoms with van der Waals surface area (Å²) in [5.41, 5.74) is 5.45. The second-order valence-corrected chi connectivity index (χ2v) is 8.43. The van der Waals surface area contributed by atoms with Gasteiger partial charge in [0.05, 0.1) is 10.6 Å². The van der Waals surface area contributed by atoms with Crippen LogP contribution in [-0.2, 0) is 29.0 Å². The molecule has 2 rings (SSSR count). The number of hydroxylamine groups is 2. The van der Waals surface area contributed by atoms with Gasteiger partial charge in [0.15, 0.2) is 9.84 Å². The van der Waals surface area contributed by atoms with Crippen LogP contribution in [0.4, 0.5) is 4.79 Å². The minimum atomic E-state index is -3.70. The number of nitrogens with two attached hydrogens (primary N) is 1. The summed E-state index contributed by atoms with van der Waals surface area (Å²) in [4.78, 5) is 39.9. The van der Waals surface area contributed by atoms with Gasteiger partial charge in [0.1, 0.15) is 6.10 Å². The van der Waals surface area contributed by atoms with Crippen molar-refractivity contribution < 1.29 is 32.4 Å². The molecule has 1 atom stereocenters. The quantitative estimate of drug-likeness (QED) is 0.348. The van der Waals surface area contributed by atoms with Gasteiger partial charge in [-0.2, -0.15) is 0 Å². The lowest BCUT2D eigenvalue weighted by Gasteiger charge is -2.19. The van der Waals surface area contributed by atoms with E-state index in [9.17, 15) is 22.8 Å². The fraction of sp³-hybridized carbons (Fsp3) is 0.500. The van der Waals surface area contributed by atoms with Crippen molar-refractivity contribution in [3.05, 3.63) is 30.3 Å². The summed E-state index contributed by atoms with van der Waals surface area (Å²) < 4.78 is 30.3. The zero-order valence-corrected chi connectivity index (χ0v) is 16.2. The first-order chi connectivity index (χ1) is 13.3. The van der Waals surface area contributed by atoms with Crippen LogP contribution in [0, 0.1) is 0 Å². The van der Waals surface area contributed by atoms with Gasteiger partial charge in [-0.15, -0.1) is 0 Å². The predicted molar refractivity (Wildman–Crippen MR) is 98.5 cm³/mol. The van der Waals surface area contributed by atoms with Gasteiger partial charge < -0.3 is 10.5 Å². The lowest BCUT2D eigenvalue weighted by atomic mass is 10.1. The van der Waals surface area contributed by atoms with Crippen molar-refractivity contribution in [1.82, 2.24) is 5.06 Å². The van der Waals surface area contributed by atoms with Crippen LogP contribution in [-0.4, -0.2) is 49.9 Å². The molecule has 1 aromatic carbocycles. The molecule has 1 aliphatic rings. The SMILES string of the molecule is NCCCCCC(CS(=O)(=O)c1ccccc1)OC(=O)ON1C(=O)CCC1=O. The van der Waals surface area contributed by atoms with Crippen LogP contribution < -0.4 is 5.73 Å². The van der Waals surface area contributed by atoms with Gasteiger partial charge in [0.25, 0.3) is 11.8 Å². The largest absolute Gasteiger partial charge is 0.534 e. The maximum atomic E-state index is 12.6. The molecule has 1 unspecified atom stereocenters. The highest BCUT2D eigenvalue weighted by Gasteiger charge is 2.34. The monoisotopic (exact) mass is 412 g/mol. The first-order valence-electron chi connectivity index (χ1n) is 9.05. The van der Waals surface area contributed by atoms with Crippen molar-refractivity contribution >= 4 is 27.8 Å². The Morgan fingerprint density at radius 3 is 2.32 bits per heavy atom. The number of ether oxygens (including phenoxy) is 1. The van der Waals surface area contributed by atoms with Crippen LogP contribution in [0.3, 0.4) is 0 Å². The highest BCUT2D eigenvalue weighted by molar-refractivity contribution is 7.91. The number of hydrogen-bond acceptors (Lipinski definition) is 8. The molecule has 9 nitrogen and oxygen atoms in total. The van der Waals surface area contributed by atoms with Gasteiger partial charge in [0, 0.05) is 12.8 Å². The van der Waals surface area contributed by atoms with E-state index in [2.05, 4.69) is 4.84 Å². The Morgan fingerprint density at radius 1 is 1.07 bits per heavy atom. The first-order valence-corrected chi connectivity index (χ1v) is 10.7. The molecule has 0 aromatic heterocycles. The topological polar surface area (TPSA) is 133 Å². The van der Waals surface area contributed by atoms with E-state index in [1.54, 1.807) is 18.2 Å². The summed E-state index contributed by atoms with van der Waals surface area (Å²) in [6.07, 6.45) is 0.0381. The molecule has 2 amide bonds. The van der Waals surface area contributed by atoms with Crippen LogP contribution in [0.2, 0.25) is 0 Å². The summed E-state index contributed by atoms with van der Waals surface area (Å²) in [6.45, 7) is 0.509. The lowest BCUT2D eigenvalue weighted by molar-refractivity contribution is -0.178. The molecule has 0 saturated carbocycles. The van der Waals surface area contributed by atoms with Gasteiger partial charge in [-0.05, 0) is 37.9 Å². The third kappa shape index (κ3) is 6.31. The summed E-state index contributed by atoms with van der Waals surface area (Å²) >= 11 is 0. The number of sulfone groups is 1. The smallest absolute Gasteiger partial charge is 0.428 e. The second-order valence-electron chi connectivity index (χ2n) is 6.40. The molecule has 1 aliphatic heterocycles. The van der Waals surface area contributed by atoms with E-state index in [1.807, 2.05) is 0 Å². The fourth-order valence-electron chi connectivity index (χ4n) is 2.73. The number of rotatable bonds is 10. The lowest BCUT2D eigenvalue weighted by Crippen LogP contribution is -2.35. The van der Waals surface area contributed by atoms with E-state index < -0.39 is 39.7 Å². The van der Waals surface area contributed by atoms with Crippen molar-refractivity contribution in [1.29, 1.82) is 0 Å². The number of benzene rings is 1. The molecule has 1 heterocycles. The van der Waals surface area contributed by atoms with Crippen LogP contribution in [0.25, 0.3) is 0 Å². The van der Waals surface area contributed by atoms with Crippen molar-refractivity contribution in [2.75, 3.05) is 12.3 Å². The molecule has 0 aliphatic carbocycles. The molecule has 10 heteroatoms. The molecule has 28 heavy (non-hydrogen) atoms. The molecule has 0 radical (unpaired) electrons. The van der Waals surface area contributed by atoms with E-state index in [1.165, 1.54) is 12.1 Å². The van der Waals surface area contributed by atoms with Gasteiger partial charge >= 0.3 is 6.16 Å². The Kier molecular flexibility index (Phi) is 7.94. The Labute approximate surface area is 163 Å². The maximum Gasteiger partial charge on any atom is 0.534 e. The van der Waals surface area contributed by atoms with Gasteiger partial charge in [-0.3, -0.25) is 14.4 Å². The van der Waals surface area contributed by atoms with Crippen molar-refractivity contribution in [3.8, 4) is 0 Å². The van der Waals surface area contributed by atoms with E-state index in [4.69, 9.17) is 10.5 Å². The zero-order chi connectivity index (χ0) is 20.6. The second kappa shape index (κ2) is 10.2. The standard InChI is InChI=1S/C18H24N2O7S/c19-12-6-2-3-7-14(13-28(24,25)15-8-4-1-5-9-15)26-18(23)27-20-16(21)10-11-17(20)22/h1,4-5,8-9,14H,2-3,6-7,10-13,19H2. The molecule has 1 saturated heterocycles. The summed E-state index contributed by atoms with van der Waals surface area (Å²) in [7, 11) is -3.70. The van der Waals surface area contributed by atoms with Crippen molar-refractivity contribution in [3.63, 3.8) is 0 Å². The average Bonchev–Trinajstić information content (AvgIpc) is 2.97. The van der Waals surface area contributed by atoms with Crippen LogP contribution in [0.5, 0.6) is 0 Å². The number of carbonyl (C=O) groups excluding carboxylic acids is 3.